The molecule has 0 aromatic heterocycles. The second kappa shape index (κ2) is 3.77. The molecule has 0 aromatic rings. The summed E-state index contributed by atoms with van der Waals surface area (Å²) in [7, 11) is 0. The second-order valence-electron chi connectivity index (χ2n) is 5.04. The van der Waals surface area contributed by atoms with Gasteiger partial charge in [-0.1, -0.05) is 53.0 Å². The van der Waals surface area contributed by atoms with Crippen molar-refractivity contribution in [1.82, 2.24) is 0 Å². The van der Waals surface area contributed by atoms with Gasteiger partial charge in [-0.25, -0.2) is 0 Å². The van der Waals surface area contributed by atoms with Gasteiger partial charge in [0.05, 0.1) is 0 Å². The van der Waals surface area contributed by atoms with E-state index in [1.165, 1.54) is 12.8 Å². The molecule has 0 amide bonds. The van der Waals surface area contributed by atoms with Crippen molar-refractivity contribution in [3.05, 3.63) is 4.91 Å². The molecule has 0 radical (unpaired) electrons. The largest absolute Gasteiger partial charge is 0.150 e. The summed E-state index contributed by atoms with van der Waals surface area (Å²) in [6, 6.07) is 0.00843. The molecule has 3 aliphatic rings. The van der Waals surface area contributed by atoms with Gasteiger partial charge in [0.15, 0.2) is 0 Å². The summed E-state index contributed by atoms with van der Waals surface area (Å²) in [6.45, 7) is 0. The van der Waals surface area contributed by atoms with Crippen molar-refractivity contribution in [2.75, 3.05) is 0 Å². The van der Waals surface area contributed by atoms with E-state index in [4.69, 9.17) is 0 Å². The Bertz CT molecular complexity index is 300. The minimum Gasteiger partial charge on any atom is -0.150 e. The molecule has 2 bridgehead atoms. The molecule has 8 atom stereocenters. The van der Waals surface area contributed by atoms with Gasteiger partial charge in [0.25, 0.3) is 0 Å². The number of nitrogens with zero attached hydrogens (tertiary/aromatic N) is 1. The second-order valence-corrected chi connectivity index (χ2v) is 8.33. The molecule has 84 valence electrons. The summed E-state index contributed by atoms with van der Waals surface area (Å²) in [6.07, 6.45) is 2.44. The van der Waals surface area contributed by atoms with Crippen molar-refractivity contribution in [2.24, 2.45) is 28.8 Å². The zero-order chi connectivity index (χ0) is 10.7. The van der Waals surface area contributed by atoms with Gasteiger partial charge in [-0.15, -0.1) is 0 Å². The molecule has 0 aromatic carbocycles. The zero-order valence-electron chi connectivity index (χ0n) is 8.02. The van der Waals surface area contributed by atoms with Gasteiger partial charge < -0.3 is 0 Å². The fourth-order valence-corrected chi connectivity index (χ4v) is 6.92. The molecule has 0 saturated heterocycles. The highest BCUT2D eigenvalue weighted by atomic mass is 79.9. The Hall–Kier alpha value is 1.04. The summed E-state index contributed by atoms with van der Waals surface area (Å²) < 4.78 is 0. The predicted molar refractivity (Wildman–Crippen MR) is 70.9 cm³/mol. The Morgan fingerprint density at radius 3 is 2.33 bits per heavy atom. The van der Waals surface area contributed by atoms with Gasteiger partial charge in [0, 0.05) is 14.5 Å². The van der Waals surface area contributed by atoms with E-state index in [1.807, 2.05) is 0 Å². The number of rotatable bonds is 1. The van der Waals surface area contributed by atoms with Crippen LogP contribution in [0.4, 0.5) is 0 Å². The Morgan fingerprint density at radius 2 is 1.67 bits per heavy atom. The quantitative estimate of drug-likeness (QED) is 0.486. The molecule has 0 spiro atoms. The lowest BCUT2D eigenvalue weighted by atomic mass is 9.79. The number of hydrogen-bond donors (Lipinski definition) is 0. The summed E-state index contributed by atoms with van der Waals surface area (Å²) in [5, 5.41) is 3.34. The van der Waals surface area contributed by atoms with Crippen molar-refractivity contribution >= 4 is 47.8 Å². The Kier molecular flexibility index (Phi) is 2.80. The smallest absolute Gasteiger partial charge is 0.108 e. The highest BCUT2D eigenvalue weighted by molar-refractivity contribution is 9.12. The lowest BCUT2D eigenvalue weighted by Crippen LogP contribution is -2.38. The Balaban J connectivity index is 1.92. The van der Waals surface area contributed by atoms with Crippen molar-refractivity contribution in [1.29, 1.82) is 0 Å². The van der Waals surface area contributed by atoms with Crippen LogP contribution in [-0.4, -0.2) is 20.5 Å². The monoisotopic (exact) mass is 399 g/mol. The van der Waals surface area contributed by atoms with E-state index < -0.39 is 0 Å². The van der Waals surface area contributed by atoms with E-state index in [0.717, 1.165) is 5.92 Å². The van der Waals surface area contributed by atoms with Crippen LogP contribution in [0.25, 0.3) is 0 Å². The van der Waals surface area contributed by atoms with Gasteiger partial charge >= 0.3 is 0 Å². The zero-order valence-corrected chi connectivity index (χ0v) is 12.8. The van der Waals surface area contributed by atoms with Crippen molar-refractivity contribution in [3.8, 4) is 0 Å². The fraction of sp³-hybridized carbons (Fsp3) is 1.00. The molecule has 0 aliphatic heterocycles. The molecular weight excluding hydrogens is 390 g/mol. The Morgan fingerprint density at radius 1 is 0.933 bits per heavy atom. The SMILES string of the molecule is O=N[C@@H]1[C@H](Br)[C@@H]2C[C@@H]1[C@H]1[C@@H](Br)[C@@H](Br)C[C@H]21. The van der Waals surface area contributed by atoms with Crippen LogP contribution in [0.5, 0.6) is 0 Å². The molecule has 3 rings (SSSR count). The molecule has 15 heavy (non-hydrogen) atoms. The first-order valence-corrected chi connectivity index (χ1v) is 8.14. The first-order valence-electron chi connectivity index (χ1n) is 5.40. The van der Waals surface area contributed by atoms with E-state index in [2.05, 4.69) is 53.0 Å². The normalized spacial score (nSPS) is 62.1. The average molecular weight is 402 g/mol. The minimum absolute atomic E-state index is 0.00843. The third-order valence-corrected chi connectivity index (χ3v) is 8.71. The highest BCUT2D eigenvalue weighted by Gasteiger charge is 2.63. The summed E-state index contributed by atoms with van der Waals surface area (Å²) in [5.74, 6) is 2.63. The van der Waals surface area contributed by atoms with E-state index >= 15 is 0 Å². The molecule has 0 unspecified atom stereocenters. The van der Waals surface area contributed by atoms with Crippen molar-refractivity contribution < 1.29 is 0 Å². The van der Waals surface area contributed by atoms with Gasteiger partial charge in [-0.05, 0) is 36.5 Å². The molecule has 3 aliphatic carbocycles. The lowest BCUT2D eigenvalue weighted by Gasteiger charge is -2.32. The molecule has 3 fully saturated rings. The first-order chi connectivity index (χ1) is 7.15. The molecule has 3 saturated carbocycles. The van der Waals surface area contributed by atoms with Crippen LogP contribution in [0.15, 0.2) is 5.18 Å². The van der Waals surface area contributed by atoms with E-state index in [0.29, 0.717) is 32.2 Å². The molecule has 5 heteroatoms. The highest BCUT2D eigenvalue weighted by Crippen LogP contribution is 2.63. The number of hydrogen-bond acceptors (Lipinski definition) is 2. The van der Waals surface area contributed by atoms with E-state index in [9.17, 15) is 4.91 Å². The third kappa shape index (κ3) is 1.38. The maximum absolute atomic E-state index is 10.9. The number of fused-ring (bicyclic) bond motifs is 5. The van der Waals surface area contributed by atoms with Gasteiger partial charge in [0.2, 0.25) is 0 Å². The predicted octanol–water partition coefficient (Wildman–Crippen LogP) is 3.70. The first kappa shape index (κ1) is 11.1. The standard InChI is InChI=1S/C10H12Br3NO/c11-6-2-3-4-1-5(7(3)9(6)13)10(14-15)8(4)12/h3-10H,1-2H2/t3-,4-,5-,6+,7+,8-,9+,10+/m1/s1. The van der Waals surface area contributed by atoms with Crippen LogP contribution >= 0.6 is 47.8 Å². The van der Waals surface area contributed by atoms with Gasteiger partial charge in [-0.3, -0.25) is 0 Å². The van der Waals surface area contributed by atoms with Crippen LogP contribution in [0, 0.1) is 28.6 Å². The number of alkyl halides is 3. The third-order valence-electron chi connectivity index (χ3n) is 4.59. The van der Waals surface area contributed by atoms with Crippen LogP contribution in [0.1, 0.15) is 12.8 Å². The number of nitroso groups, excluding NO2 is 1. The van der Waals surface area contributed by atoms with Crippen LogP contribution < -0.4 is 0 Å². The van der Waals surface area contributed by atoms with E-state index in [1.54, 1.807) is 0 Å². The maximum atomic E-state index is 10.9. The number of halogens is 3. The average Bonchev–Trinajstić information content (AvgIpc) is 2.79. The van der Waals surface area contributed by atoms with Gasteiger partial charge in [-0.2, -0.15) is 4.91 Å². The van der Waals surface area contributed by atoms with Crippen molar-refractivity contribution in [3.63, 3.8) is 0 Å². The van der Waals surface area contributed by atoms with Crippen LogP contribution in [0.3, 0.4) is 0 Å². The lowest BCUT2D eigenvalue weighted by molar-refractivity contribution is 0.248. The van der Waals surface area contributed by atoms with Crippen LogP contribution in [0.2, 0.25) is 0 Å². The molecule has 2 nitrogen and oxygen atoms in total. The minimum atomic E-state index is 0.00843. The summed E-state index contributed by atoms with van der Waals surface area (Å²) >= 11 is 11.2. The Labute approximate surface area is 114 Å². The molecule has 0 N–H and O–H groups in total. The van der Waals surface area contributed by atoms with Gasteiger partial charge in [0.1, 0.15) is 6.04 Å². The summed E-state index contributed by atoms with van der Waals surface area (Å²) in [4.78, 5) is 12.3. The topological polar surface area (TPSA) is 29.4 Å². The molecule has 0 heterocycles. The van der Waals surface area contributed by atoms with E-state index in [-0.39, 0.29) is 6.04 Å². The fourth-order valence-electron chi connectivity index (χ4n) is 4.04. The van der Waals surface area contributed by atoms with Crippen molar-refractivity contribution in [2.45, 2.75) is 33.4 Å². The molecular formula is C10H12Br3NO. The van der Waals surface area contributed by atoms with Crippen LogP contribution in [-0.2, 0) is 0 Å². The summed E-state index contributed by atoms with van der Waals surface area (Å²) in [5.41, 5.74) is 0. The maximum Gasteiger partial charge on any atom is 0.108 e.